The molecular formula is C15H19Cl2N3O4. The molecule has 3 rings (SSSR count). The highest BCUT2D eigenvalue weighted by molar-refractivity contribution is 6.42. The molecule has 0 unspecified atom stereocenters. The molecule has 1 aliphatic rings. The number of benzene rings is 1. The number of nitrogens with zero attached hydrogens (tertiary/aromatic N) is 2. The first-order chi connectivity index (χ1) is 11.3. The number of fused-ring (bicyclic) bond motifs is 1. The predicted octanol–water partition coefficient (Wildman–Crippen LogP) is 1.77. The van der Waals surface area contributed by atoms with Gasteiger partial charge in [-0.25, -0.2) is 4.98 Å². The first kappa shape index (κ1) is 17.7. The van der Waals surface area contributed by atoms with E-state index in [-0.39, 0.29) is 12.6 Å². The van der Waals surface area contributed by atoms with Crippen LogP contribution in [0.4, 0.5) is 5.95 Å². The van der Waals surface area contributed by atoms with Crippen LogP contribution in [0.3, 0.4) is 0 Å². The molecule has 0 spiro atoms. The second kappa shape index (κ2) is 6.67. The Morgan fingerprint density at radius 3 is 2.54 bits per heavy atom. The number of rotatable bonds is 3. The van der Waals surface area contributed by atoms with E-state index in [4.69, 9.17) is 27.9 Å². The van der Waals surface area contributed by atoms with Crippen LogP contribution in [0.1, 0.15) is 20.1 Å². The molecule has 1 fully saturated rings. The number of aromatic nitrogens is 2. The van der Waals surface area contributed by atoms with E-state index < -0.39 is 24.5 Å². The third-order valence-electron chi connectivity index (χ3n) is 3.88. The number of aliphatic hydroxyl groups is 3. The third-order valence-corrected chi connectivity index (χ3v) is 4.60. The molecule has 0 radical (unpaired) electrons. The summed E-state index contributed by atoms with van der Waals surface area (Å²) in [6.45, 7) is 3.78. The average Bonchev–Trinajstić information content (AvgIpc) is 2.82. The first-order valence-electron chi connectivity index (χ1n) is 7.59. The fraction of sp³-hybridized carbons (Fsp3) is 0.533. The van der Waals surface area contributed by atoms with Crippen LogP contribution in [0.5, 0.6) is 0 Å². The van der Waals surface area contributed by atoms with Gasteiger partial charge in [-0.1, -0.05) is 23.2 Å². The number of imidazole rings is 1. The molecule has 2 heterocycles. The summed E-state index contributed by atoms with van der Waals surface area (Å²) in [6.07, 6.45) is -4.72. The quantitative estimate of drug-likeness (QED) is 0.652. The Morgan fingerprint density at radius 1 is 1.21 bits per heavy atom. The van der Waals surface area contributed by atoms with Crippen molar-refractivity contribution < 1.29 is 20.1 Å². The van der Waals surface area contributed by atoms with Crippen molar-refractivity contribution in [2.24, 2.45) is 0 Å². The van der Waals surface area contributed by atoms with Gasteiger partial charge in [-0.3, -0.25) is 4.57 Å². The molecule has 0 amide bonds. The van der Waals surface area contributed by atoms with Gasteiger partial charge >= 0.3 is 0 Å². The van der Waals surface area contributed by atoms with Crippen molar-refractivity contribution in [1.29, 1.82) is 0 Å². The Morgan fingerprint density at radius 2 is 1.88 bits per heavy atom. The lowest BCUT2D eigenvalue weighted by atomic mass is 10.0. The Balaban J connectivity index is 2.15. The monoisotopic (exact) mass is 375 g/mol. The Bertz CT molecular complexity index is 752. The van der Waals surface area contributed by atoms with Gasteiger partial charge in [-0.2, -0.15) is 0 Å². The van der Waals surface area contributed by atoms with E-state index in [9.17, 15) is 15.3 Å². The van der Waals surface area contributed by atoms with Crippen molar-refractivity contribution in [2.75, 3.05) is 11.9 Å². The molecule has 0 aliphatic carbocycles. The molecule has 132 valence electrons. The fourth-order valence-electron chi connectivity index (χ4n) is 2.73. The smallest absolute Gasteiger partial charge is 0.206 e. The topological polar surface area (TPSA) is 99.8 Å². The Hall–Kier alpha value is -1.09. The second-order valence-electron chi connectivity index (χ2n) is 6.13. The van der Waals surface area contributed by atoms with E-state index in [1.54, 1.807) is 16.7 Å². The van der Waals surface area contributed by atoms with Crippen LogP contribution >= 0.6 is 23.2 Å². The lowest BCUT2D eigenvalue weighted by Gasteiger charge is -2.36. The maximum atomic E-state index is 10.4. The van der Waals surface area contributed by atoms with Gasteiger partial charge in [0.1, 0.15) is 18.3 Å². The highest BCUT2D eigenvalue weighted by Gasteiger charge is 2.40. The molecule has 7 nitrogen and oxygen atoms in total. The fourth-order valence-corrected chi connectivity index (χ4v) is 3.04. The predicted molar refractivity (Wildman–Crippen MR) is 91.5 cm³/mol. The van der Waals surface area contributed by atoms with Gasteiger partial charge in [-0.05, 0) is 26.0 Å². The standard InChI is InChI=1S/C15H19Cl2N3O4/c1-6(2)18-15-19-9-3-7(16)8(17)4-10(9)20(15)14-13(23)12(22)11(21)5-24-14/h3-4,6,11-14,21-23H,5H2,1-2H3,(H,18,19)/t11-,12-,13-,14+/m0/s1. The van der Waals surface area contributed by atoms with Gasteiger partial charge in [0.05, 0.1) is 27.7 Å². The molecule has 0 saturated carbocycles. The number of hydrogen-bond acceptors (Lipinski definition) is 6. The second-order valence-corrected chi connectivity index (χ2v) is 6.95. The van der Waals surface area contributed by atoms with Crippen LogP contribution in [-0.4, -0.2) is 55.8 Å². The van der Waals surface area contributed by atoms with Crippen LogP contribution < -0.4 is 5.32 Å². The maximum Gasteiger partial charge on any atom is 0.206 e. The number of nitrogens with one attached hydrogen (secondary N) is 1. The third kappa shape index (κ3) is 3.08. The lowest BCUT2D eigenvalue weighted by molar-refractivity contribution is -0.209. The highest BCUT2D eigenvalue weighted by Crippen LogP contribution is 2.35. The minimum atomic E-state index is -1.33. The summed E-state index contributed by atoms with van der Waals surface area (Å²) < 4.78 is 7.19. The first-order valence-corrected chi connectivity index (χ1v) is 8.34. The molecule has 4 atom stereocenters. The summed E-state index contributed by atoms with van der Waals surface area (Å²) in [5.41, 5.74) is 1.17. The van der Waals surface area contributed by atoms with Gasteiger partial charge in [0.2, 0.25) is 5.95 Å². The molecule has 1 aliphatic heterocycles. The van der Waals surface area contributed by atoms with E-state index in [0.29, 0.717) is 27.0 Å². The molecule has 0 bridgehead atoms. The lowest BCUT2D eigenvalue weighted by Crippen LogP contribution is -2.50. The summed E-state index contributed by atoms with van der Waals surface area (Å²) in [6, 6.07) is 3.33. The normalized spacial score (nSPS) is 27.8. The minimum Gasteiger partial charge on any atom is -0.388 e. The summed E-state index contributed by atoms with van der Waals surface area (Å²) in [5.74, 6) is 0.450. The zero-order valence-electron chi connectivity index (χ0n) is 13.1. The zero-order chi connectivity index (χ0) is 17.6. The van der Waals surface area contributed by atoms with Gasteiger partial charge in [0.25, 0.3) is 0 Å². The van der Waals surface area contributed by atoms with E-state index in [0.717, 1.165) is 0 Å². The summed E-state index contributed by atoms with van der Waals surface area (Å²) in [4.78, 5) is 4.48. The van der Waals surface area contributed by atoms with E-state index in [1.807, 2.05) is 13.8 Å². The SMILES string of the molecule is CC(C)Nc1nc2cc(Cl)c(Cl)cc2n1[C@@H]1OC[C@H](O)[C@H](O)[C@@H]1O. The van der Waals surface area contributed by atoms with Gasteiger partial charge in [0.15, 0.2) is 6.23 Å². The zero-order valence-corrected chi connectivity index (χ0v) is 14.7. The van der Waals surface area contributed by atoms with E-state index in [2.05, 4.69) is 10.3 Å². The largest absolute Gasteiger partial charge is 0.388 e. The van der Waals surface area contributed by atoms with E-state index >= 15 is 0 Å². The van der Waals surface area contributed by atoms with Crippen molar-refractivity contribution in [2.45, 2.75) is 44.4 Å². The van der Waals surface area contributed by atoms with Crippen molar-refractivity contribution in [3.63, 3.8) is 0 Å². The Kier molecular flexibility index (Phi) is 4.92. The van der Waals surface area contributed by atoms with Gasteiger partial charge < -0.3 is 25.4 Å². The molecule has 1 saturated heterocycles. The molecule has 1 aromatic heterocycles. The number of hydrogen-bond donors (Lipinski definition) is 4. The van der Waals surface area contributed by atoms with E-state index in [1.165, 1.54) is 0 Å². The van der Waals surface area contributed by atoms with Crippen molar-refractivity contribution >= 4 is 40.2 Å². The highest BCUT2D eigenvalue weighted by atomic mass is 35.5. The molecule has 4 N–H and O–H groups in total. The van der Waals surface area contributed by atoms with Crippen LogP contribution in [0.15, 0.2) is 12.1 Å². The molecular weight excluding hydrogens is 357 g/mol. The molecule has 9 heteroatoms. The Labute approximate surface area is 148 Å². The summed E-state index contributed by atoms with van der Waals surface area (Å²) in [5, 5.41) is 33.9. The molecule has 2 aromatic rings. The van der Waals surface area contributed by atoms with Crippen molar-refractivity contribution in [3.8, 4) is 0 Å². The van der Waals surface area contributed by atoms with Crippen molar-refractivity contribution in [1.82, 2.24) is 9.55 Å². The van der Waals surface area contributed by atoms with Crippen LogP contribution in [-0.2, 0) is 4.74 Å². The van der Waals surface area contributed by atoms with Crippen LogP contribution in [0.25, 0.3) is 11.0 Å². The summed E-state index contributed by atoms with van der Waals surface area (Å²) in [7, 11) is 0. The van der Waals surface area contributed by atoms with Gasteiger partial charge in [0, 0.05) is 6.04 Å². The summed E-state index contributed by atoms with van der Waals surface area (Å²) >= 11 is 12.2. The maximum absolute atomic E-state index is 10.4. The minimum absolute atomic E-state index is 0.0720. The van der Waals surface area contributed by atoms with Crippen molar-refractivity contribution in [3.05, 3.63) is 22.2 Å². The number of aliphatic hydroxyl groups excluding tert-OH is 3. The van der Waals surface area contributed by atoms with Crippen LogP contribution in [0.2, 0.25) is 10.0 Å². The number of anilines is 1. The number of halogens is 2. The number of ether oxygens (including phenoxy) is 1. The average molecular weight is 376 g/mol. The molecule has 24 heavy (non-hydrogen) atoms. The molecule has 1 aromatic carbocycles. The van der Waals surface area contributed by atoms with Gasteiger partial charge in [-0.15, -0.1) is 0 Å². The van der Waals surface area contributed by atoms with Crippen LogP contribution in [0, 0.1) is 0 Å².